The molecule has 0 spiro atoms. The molecule has 88 valence electrons. The van der Waals surface area contributed by atoms with Crippen LogP contribution in [0.1, 0.15) is 32.1 Å². The molecule has 1 aliphatic heterocycles. The Hall–Kier alpha value is -0.840. The van der Waals surface area contributed by atoms with Crippen LogP contribution in [0.4, 0.5) is 5.82 Å². The molecule has 1 aromatic heterocycles. The molecule has 1 aliphatic rings. The van der Waals surface area contributed by atoms with Gasteiger partial charge in [-0.1, -0.05) is 19.3 Å². The zero-order valence-electron chi connectivity index (χ0n) is 9.21. The highest BCUT2D eigenvalue weighted by atomic mass is 79.9. The van der Waals surface area contributed by atoms with Crippen LogP contribution in [-0.2, 0) is 0 Å². The van der Waals surface area contributed by atoms with Gasteiger partial charge in [0.25, 0.3) is 5.56 Å². The number of nitrogens with one attached hydrogen (secondary N) is 1. The van der Waals surface area contributed by atoms with Crippen LogP contribution in [0, 0.1) is 0 Å². The Bertz CT molecular complexity index is 396. The van der Waals surface area contributed by atoms with Crippen LogP contribution in [-0.4, -0.2) is 23.1 Å². The molecule has 5 heteroatoms. The van der Waals surface area contributed by atoms with Gasteiger partial charge < -0.3 is 9.88 Å². The molecule has 0 aromatic carbocycles. The number of hydrogen-bond donors (Lipinski definition) is 1. The van der Waals surface area contributed by atoms with Crippen LogP contribution in [0.3, 0.4) is 0 Å². The summed E-state index contributed by atoms with van der Waals surface area (Å²) in [6, 6.07) is 0. The van der Waals surface area contributed by atoms with Gasteiger partial charge in [-0.2, -0.15) is 0 Å². The summed E-state index contributed by atoms with van der Waals surface area (Å²) in [6.45, 7) is 1.99. The molecule has 0 atom stereocenters. The van der Waals surface area contributed by atoms with E-state index in [1.807, 2.05) is 0 Å². The summed E-state index contributed by atoms with van der Waals surface area (Å²) in [5, 5.41) is 0. The minimum absolute atomic E-state index is 0.105. The lowest BCUT2D eigenvalue weighted by Crippen LogP contribution is -2.29. The second kappa shape index (κ2) is 5.48. The predicted octanol–water partition coefficient (Wildman–Crippen LogP) is 2.30. The van der Waals surface area contributed by atoms with E-state index in [-0.39, 0.29) is 5.56 Å². The van der Waals surface area contributed by atoms with Crippen molar-refractivity contribution in [1.82, 2.24) is 9.97 Å². The number of halogens is 1. The molecule has 1 fully saturated rings. The molecule has 2 heterocycles. The summed E-state index contributed by atoms with van der Waals surface area (Å²) in [5.74, 6) is 0.783. The first kappa shape index (κ1) is 11.6. The van der Waals surface area contributed by atoms with Gasteiger partial charge in [0.1, 0.15) is 10.3 Å². The Morgan fingerprint density at radius 3 is 2.50 bits per heavy atom. The molecule has 2 rings (SSSR count). The third-order valence-electron chi connectivity index (χ3n) is 2.93. The summed E-state index contributed by atoms with van der Waals surface area (Å²) >= 11 is 3.31. The lowest BCUT2D eigenvalue weighted by Gasteiger charge is -2.26. The van der Waals surface area contributed by atoms with Crippen molar-refractivity contribution in [3.63, 3.8) is 0 Å². The summed E-state index contributed by atoms with van der Waals surface area (Å²) in [7, 11) is 0. The molecular formula is C11H16BrN3O. The highest BCUT2D eigenvalue weighted by Crippen LogP contribution is 2.21. The zero-order chi connectivity index (χ0) is 11.4. The Labute approximate surface area is 103 Å². The summed E-state index contributed by atoms with van der Waals surface area (Å²) in [4.78, 5) is 20.5. The Kier molecular flexibility index (Phi) is 3.98. The molecule has 0 bridgehead atoms. The van der Waals surface area contributed by atoms with Gasteiger partial charge in [-0.05, 0) is 28.8 Å². The fraction of sp³-hybridized carbons (Fsp3) is 0.636. The molecule has 0 saturated carbocycles. The first-order valence-electron chi connectivity index (χ1n) is 5.77. The average Bonchev–Trinajstić information content (AvgIpc) is 2.23. The van der Waals surface area contributed by atoms with Crippen molar-refractivity contribution in [3.05, 3.63) is 21.2 Å². The number of hydrogen-bond acceptors (Lipinski definition) is 3. The van der Waals surface area contributed by atoms with Crippen molar-refractivity contribution in [3.8, 4) is 0 Å². The van der Waals surface area contributed by atoms with Crippen LogP contribution in [0.15, 0.2) is 15.6 Å². The van der Waals surface area contributed by atoms with Crippen molar-refractivity contribution in [2.75, 3.05) is 18.0 Å². The first-order valence-corrected chi connectivity index (χ1v) is 6.56. The number of anilines is 1. The van der Waals surface area contributed by atoms with Gasteiger partial charge in [-0.25, -0.2) is 4.98 Å². The highest BCUT2D eigenvalue weighted by molar-refractivity contribution is 9.10. The average molecular weight is 286 g/mol. The monoisotopic (exact) mass is 285 g/mol. The van der Waals surface area contributed by atoms with Crippen molar-refractivity contribution in [1.29, 1.82) is 0 Å². The topological polar surface area (TPSA) is 49.0 Å². The molecule has 0 aliphatic carbocycles. The van der Waals surface area contributed by atoms with Crippen LogP contribution in [0.25, 0.3) is 0 Å². The smallest absolute Gasteiger partial charge is 0.267 e. The maximum atomic E-state index is 11.5. The zero-order valence-corrected chi connectivity index (χ0v) is 10.8. The van der Waals surface area contributed by atoms with Crippen molar-refractivity contribution < 1.29 is 0 Å². The molecule has 0 radical (unpaired) electrons. The largest absolute Gasteiger partial charge is 0.355 e. The van der Waals surface area contributed by atoms with E-state index < -0.39 is 0 Å². The molecule has 1 aromatic rings. The SMILES string of the molecule is O=c1[nH]cnc(N2CCCCCCC2)c1Br. The first-order chi connectivity index (χ1) is 7.79. The molecule has 0 unspecified atom stereocenters. The van der Waals surface area contributed by atoms with Gasteiger partial charge in [0.05, 0.1) is 6.33 Å². The lowest BCUT2D eigenvalue weighted by molar-refractivity contribution is 0.553. The maximum Gasteiger partial charge on any atom is 0.267 e. The van der Waals surface area contributed by atoms with Gasteiger partial charge in [0.15, 0.2) is 0 Å². The summed E-state index contributed by atoms with van der Waals surface area (Å²) in [6.07, 6.45) is 7.72. The lowest BCUT2D eigenvalue weighted by atomic mass is 10.1. The Morgan fingerprint density at radius 2 is 1.81 bits per heavy atom. The number of aromatic amines is 1. The number of nitrogens with zero attached hydrogens (tertiary/aromatic N) is 2. The molecule has 1 saturated heterocycles. The van der Waals surface area contributed by atoms with Crippen LogP contribution in [0.5, 0.6) is 0 Å². The Balaban J connectivity index is 2.20. The third-order valence-corrected chi connectivity index (χ3v) is 3.65. The molecule has 16 heavy (non-hydrogen) atoms. The van der Waals surface area contributed by atoms with Gasteiger partial charge >= 0.3 is 0 Å². The third kappa shape index (κ3) is 2.64. The molecule has 4 nitrogen and oxygen atoms in total. The van der Waals surface area contributed by atoms with E-state index in [2.05, 4.69) is 30.8 Å². The Morgan fingerprint density at radius 1 is 1.19 bits per heavy atom. The van der Waals surface area contributed by atoms with Crippen molar-refractivity contribution >= 4 is 21.7 Å². The molecular weight excluding hydrogens is 270 g/mol. The van der Waals surface area contributed by atoms with Gasteiger partial charge in [-0.3, -0.25) is 4.79 Å². The van der Waals surface area contributed by atoms with Gasteiger partial charge in [0.2, 0.25) is 0 Å². The maximum absolute atomic E-state index is 11.5. The number of rotatable bonds is 1. The van der Waals surface area contributed by atoms with Crippen LogP contribution in [0.2, 0.25) is 0 Å². The van der Waals surface area contributed by atoms with E-state index in [0.717, 1.165) is 18.9 Å². The minimum Gasteiger partial charge on any atom is -0.355 e. The summed E-state index contributed by atoms with van der Waals surface area (Å²) in [5.41, 5.74) is -0.105. The van der Waals surface area contributed by atoms with Crippen molar-refractivity contribution in [2.24, 2.45) is 0 Å². The van der Waals surface area contributed by atoms with Gasteiger partial charge in [-0.15, -0.1) is 0 Å². The highest BCUT2D eigenvalue weighted by Gasteiger charge is 2.14. The minimum atomic E-state index is -0.105. The predicted molar refractivity (Wildman–Crippen MR) is 67.9 cm³/mol. The van der Waals surface area contributed by atoms with E-state index in [9.17, 15) is 4.79 Å². The number of aromatic nitrogens is 2. The van der Waals surface area contributed by atoms with Crippen molar-refractivity contribution in [2.45, 2.75) is 32.1 Å². The fourth-order valence-corrected chi connectivity index (χ4v) is 2.52. The summed E-state index contributed by atoms with van der Waals surface area (Å²) < 4.78 is 0.551. The standard InChI is InChI=1S/C11H16BrN3O/c12-9-10(13-8-14-11(9)16)15-6-4-2-1-3-5-7-15/h8H,1-7H2,(H,13,14,16). The normalized spacial score (nSPS) is 17.9. The van der Waals surface area contributed by atoms with E-state index in [1.54, 1.807) is 0 Å². The van der Waals surface area contributed by atoms with E-state index >= 15 is 0 Å². The second-order valence-electron chi connectivity index (χ2n) is 4.12. The van der Waals surface area contributed by atoms with E-state index in [0.29, 0.717) is 4.47 Å². The van der Waals surface area contributed by atoms with Crippen LogP contribution >= 0.6 is 15.9 Å². The molecule has 0 amide bonds. The quantitative estimate of drug-likeness (QED) is 0.861. The number of H-pyrrole nitrogens is 1. The second-order valence-corrected chi connectivity index (χ2v) is 4.92. The van der Waals surface area contributed by atoms with Gasteiger partial charge in [0, 0.05) is 13.1 Å². The van der Waals surface area contributed by atoms with E-state index in [4.69, 9.17) is 0 Å². The fourth-order valence-electron chi connectivity index (χ4n) is 2.05. The van der Waals surface area contributed by atoms with Crippen LogP contribution < -0.4 is 10.5 Å². The van der Waals surface area contributed by atoms with E-state index in [1.165, 1.54) is 38.4 Å². The molecule has 1 N–H and O–H groups in total.